The Morgan fingerprint density at radius 3 is 2.71 bits per heavy atom. The van der Waals surface area contributed by atoms with Gasteiger partial charge in [-0.15, -0.1) is 0 Å². The van der Waals surface area contributed by atoms with E-state index >= 15 is 0 Å². The summed E-state index contributed by atoms with van der Waals surface area (Å²) >= 11 is 0. The molecule has 0 saturated carbocycles. The number of nitrogens with one attached hydrogen (secondary N) is 1. The van der Waals surface area contributed by atoms with Crippen LogP contribution in [0.4, 0.5) is 13.2 Å². The summed E-state index contributed by atoms with van der Waals surface area (Å²) in [5, 5.41) is 6.36. The van der Waals surface area contributed by atoms with Crippen LogP contribution in [-0.4, -0.2) is 28.0 Å². The molecular weight excluding hydrogens is 235 g/mol. The van der Waals surface area contributed by atoms with E-state index in [1.807, 2.05) is 0 Å². The monoisotopic (exact) mass is 243 g/mol. The summed E-state index contributed by atoms with van der Waals surface area (Å²) in [5.74, 6) is -0.0749. The lowest BCUT2D eigenvalue weighted by Gasteiger charge is -2.10. The molecule has 0 amide bonds. The quantitative estimate of drug-likeness (QED) is 0.900. The Labute approximate surface area is 94.4 Å². The van der Waals surface area contributed by atoms with Crippen LogP contribution >= 0.6 is 0 Å². The van der Waals surface area contributed by atoms with E-state index in [0.717, 1.165) is 0 Å². The number of H-pyrrole nitrogens is 1. The van der Waals surface area contributed by atoms with Crippen molar-refractivity contribution in [1.82, 2.24) is 15.2 Å². The highest BCUT2D eigenvalue weighted by Crippen LogP contribution is 2.27. The number of aromatic nitrogens is 3. The number of rotatable bonds is 3. The van der Waals surface area contributed by atoms with Gasteiger partial charge in [0.2, 0.25) is 5.88 Å². The zero-order chi connectivity index (χ0) is 12.3. The highest BCUT2D eigenvalue weighted by molar-refractivity contribution is 5.64. The van der Waals surface area contributed by atoms with Gasteiger partial charge in [-0.3, -0.25) is 5.10 Å². The summed E-state index contributed by atoms with van der Waals surface area (Å²) in [7, 11) is 0. The number of aromatic amines is 1. The number of alkyl halides is 3. The molecule has 7 heteroatoms. The topological polar surface area (TPSA) is 50.8 Å². The van der Waals surface area contributed by atoms with Gasteiger partial charge in [-0.05, 0) is 18.2 Å². The molecule has 0 radical (unpaired) electrons. The zero-order valence-corrected chi connectivity index (χ0v) is 8.53. The van der Waals surface area contributed by atoms with Crippen molar-refractivity contribution in [2.75, 3.05) is 6.61 Å². The van der Waals surface area contributed by atoms with Crippen molar-refractivity contribution in [1.29, 1.82) is 0 Å². The van der Waals surface area contributed by atoms with Gasteiger partial charge in [0.25, 0.3) is 0 Å². The molecule has 0 unspecified atom stereocenters. The van der Waals surface area contributed by atoms with Gasteiger partial charge in [0, 0.05) is 12.4 Å². The maximum atomic E-state index is 12.0. The van der Waals surface area contributed by atoms with Crippen LogP contribution in [0.2, 0.25) is 0 Å². The second kappa shape index (κ2) is 4.44. The molecule has 0 spiro atoms. The van der Waals surface area contributed by atoms with E-state index in [1.54, 1.807) is 18.2 Å². The Bertz CT molecular complexity index is 482. The maximum absolute atomic E-state index is 12.0. The van der Waals surface area contributed by atoms with E-state index in [0.29, 0.717) is 11.3 Å². The molecule has 4 nitrogen and oxygen atoms in total. The molecule has 2 rings (SSSR count). The Balaban J connectivity index is 2.23. The summed E-state index contributed by atoms with van der Waals surface area (Å²) in [4.78, 5) is 3.77. The SMILES string of the molecule is FC(F)(F)COc1ncccc1-c1ccn[nH]1. The van der Waals surface area contributed by atoms with Gasteiger partial charge >= 0.3 is 6.18 Å². The van der Waals surface area contributed by atoms with Crippen molar-refractivity contribution in [3.8, 4) is 17.1 Å². The third-order valence-corrected chi connectivity index (χ3v) is 1.93. The summed E-state index contributed by atoms with van der Waals surface area (Å²) in [6, 6.07) is 4.83. The average Bonchev–Trinajstić information content (AvgIpc) is 2.79. The van der Waals surface area contributed by atoms with Crippen molar-refractivity contribution in [2.24, 2.45) is 0 Å². The predicted molar refractivity (Wildman–Crippen MR) is 53.4 cm³/mol. The van der Waals surface area contributed by atoms with Crippen LogP contribution in [0.1, 0.15) is 0 Å². The molecule has 1 N–H and O–H groups in total. The fourth-order valence-corrected chi connectivity index (χ4v) is 1.27. The van der Waals surface area contributed by atoms with Crippen molar-refractivity contribution in [3.05, 3.63) is 30.6 Å². The number of nitrogens with zero attached hydrogens (tertiary/aromatic N) is 2. The van der Waals surface area contributed by atoms with E-state index in [2.05, 4.69) is 19.9 Å². The van der Waals surface area contributed by atoms with Crippen LogP contribution in [-0.2, 0) is 0 Å². The van der Waals surface area contributed by atoms with Crippen molar-refractivity contribution in [2.45, 2.75) is 6.18 Å². The van der Waals surface area contributed by atoms with Gasteiger partial charge < -0.3 is 4.74 Å². The number of ether oxygens (including phenoxy) is 1. The Kier molecular flexibility index (Phi) is 2.99. The average molecular weight is 243 g/mol. The third-order valence-electron chi connectivity index (χ3n) is 1.93. The van der Waals surface area contributed by atoms with E-state index in [4.69, 9.17) is 0 Å². The molecule has 2 heterocycles. The van der Waals surface area contributed by atoms with Crippen LogP contribution in [0.15, 0.2) is 30.6 Å². The predicted octanol–water partition coefficient (Wildman–Crippen LogP) is 2.41. The van der Waals surface area contributed by atoms with Gasteiger partial charge in [-0.25, -0.2) is 4.98 Å². The summed E-state index contributed by atoms with van der Waals surface area (Å²) in [6.45, 7) is -1.37. The first-order valence-electron chi connectivity index (χ1n) is 4.70. The first-order valence-corrected chi connectivity index (χ1v) is 4.70. The maximum Gasteiger partial charge on any atom is 0.422 e. The van der Waals surface area contributed by atoms with Crippen LogP contribution in [0.25, 0.3) is 11.3 Å². The Morgan fingerprint density at radius 1 is 1.24 bits per heavy atom. The molecule has 2 aromatic heterocycles. The molecule has 90 valence electrons. The molecule has 0 atom stereocenters. The Hall–Kier alpha value is -2.05. The van der Waals surface area contributed by atoms with Crippen molar-refractivity contribution < 1.29 is 17.9 Å². The number of pyridine rings is 1. The van der Waals surface area contributed by atoms with Gasteiger partial charge in [0.05, 0.1) is 11.3 Å². The highest BCUT2D eigenvalue weighted by Gasteiger charge is 2.29. The fraction of sp³-hybridized carbons (Fsp3) is 0.200. The van der Waals surface area contributed by atoms with E-state index < -0.39 is 12.8 Å². The third kappa shape index (κ3) is 2.96. The highest BCUT2D eigenvalue weighted by atomic mass is 19.4. The molecule has 0 aliphatic heterocycles. The van der Waals surface area contributed by atoms with Crippen molar-refractivity contribution in [3.63, 3.8) is 0 Å². The second-order valence-electron chi connectivity index (χ2n) is 3.23. The van der Waals surface area contributed by atoms with E-state index in [1.165, 1.54) is 12.4 Å². The fourth-order valence-electron chi connectivity index (χ4n) is 1.27. The van der Waals surface area contributed by atoms with E-state index in [-0.39, 0.29) is 5.88 Å². The van der Waals surface area contributed by atoms with Crippen LogP contribution in [0.5, 0.6) is 5.88 Å². The lowest BCUT2D eigenvalue weighted by molar-refractivity contribution is -0.154. The lowest BCUT2D eigenvalue weighted by Crippen LogP contribution is -2.19. The first-order chi connectivity index (χ1) is 8.06. The Morgan fingerprint density at radius 2 is 2.06 bits per heavy atom. The molecule has 17 heavy (non-hydrogen) atoms. The minimum Gasteiger partial charge on any atom is -0.468 e. The molecule has 0 fully saturated rings. The number of hydrogen-bond donors (Lipinski definition) is 1. The molecule has 0 saturated heterocycles. The molecular formula is C10H8F3N3O. The largest absolute Gasteiger partial charge is 0.468 e. The molecule has 0 bridgehead atoms. The smallest absolute Gasteiger partial charge is 0.422 e. The number of halogens is 3. The summed E-state index contributed by atoms with van der Waals surface area (Å²) in [5.41, 5.74) is 0.990. The van der Waals surface area contributed by atoms with Gasteiger partial charge in [-0.1, -0.05) is 0 Å². The lowest BCUT2D eigenvalue weighted by atomic mass is 10.2. The summed E-state index contributed by atoms with van der Waals surface area (Å²) < 4.78 is 40.8. The normalized spacial score (nSPS) is 11.5. The standard InChI is InChI=1S/C10H8F3N3O/c11-10(12,13)6-17-9-7(2-1-4-14-9)8-3-5-15-16-8/h1-5H,6H2,(H,15,16). The molecule has 0 aliphatic carbocycles. The number of hydrogen-bond acceptors (Lipinski definition) is 3. The molecule has 2 aromatic rings. The van der Waals surface area contributed by atoms with Crippen LogP contribution in [0.3, 0.4) is 0 Å². The molecule has 0 aliphatic rings. The summed E-state index contributed by atoms with van der Waals surface area (Å²) in [6.07, 6.45) is -1.52. The van der Waals surface area contributed by atoms with Crippen molar-refractivity contribution >= 4 is 0 Å². The first kappa shape index (κ1) is 11.4. The second-order valence-corrected chi connectivity index (χ2v) is 3.23. The van der Waals surface area contributed by atoms with Gasteiger partial charge in [0.15, 0.2) is 6.61 Å². The minimum atomic E-state index is -4.39. The molecule has 0 aromatic carbocycles. The van der Waals surface area contributed by atoms with Crippen LogP contribution in [0, 0.1) is 0 Å². The minimum absolute atomic E-state index is 0.0749. The van der Waals surface area contributed by atoms with Gasteiger partial charge in [0.1, 0.15) is 0 Å². The van der Waals surface area contributed by atoms with Crippen LogP contribution < -0.4 is 4.74 Å². The zero-order valence-electron chi connectivity index (χ0n) is 8.53. The van der Waals surface area contributed by atoms with E-state index in [9.17, 15) is 13.2 Å². The van der Waals surface area contributed by atoms with Gasteiger partial charge in [-0.2, -0.15) is 18.3 Å².